The van der Waals surface area contributed by atoms with Crippen molar-refractivity contribution >= 4 is 17.3 Å². The van der Waals surface area contributed by atoms with Crippen molar-refractivity contribution in [2.45, 2.75) is 19.0 Å². The quantitative estimate of drug-likeness (QED) is 0.846. The number of halogens is 3. The van der Waals surface area contributed by atoms with Gasteiger partial charge in [-0.25, -0.2) is 14.8 Å². The lowest BCUT2D eigenvalue weighted by molar-refractivity contribution is -0.192. The number of rotatable bonds is 4. The average molecular weight is 403 g/mol. The van der Waals surface area contributed by atoms with Crippen molar-refractivity contribution in [1.29, 1.82) is 0 Å². The molecule has 6 nitrogen and oxygen atoms in total. The molecule has 0 saturated heterocycles. The topological polar surface area (TPSA) is 75.5 Å². The van der Waals surface area contributed by atoms with E-state index in [4.69, 9.17) is 14.6 Å². The molecule has 2 aromatic rings. The molecule has 3 heterocycles. The van der Waals surface area contributed by atoms with Crippen molar-refractivity contribution in [3.8, 4) is 11.3 Å². The Labute approximate surface area is 158 Å². The molecule has 3 rings (SSSR count). The number of nitrogens with zero attached hydrogens (tertiary/aromatic N) is 3. The second-order valence-corrected chi connectivity index (χ2v) is 6.58. The molecular weight excluding hydrogens is 383 g/mol. The predicted octanol–water partition coefficient (Wildman–Crippen LogP) is 2.89. The number of hydrogen-bond acceptors (Lipinski definition) is 6. The Morgan fingerprint density at radius 2 is 2.04 bits per heavy atom. The van der Waals surface area contributed by atoms with Crippen LogP contribution in [0.2, 0.25) is 0 Å². The summed E-state index contributed by atoms with van der Waals surface area (Å²) in [6.45, 7) is 3.89. The van der Waals surface area contributed by atoms with Gasteiger partial charge in [0.15, 0.2) is 0 Å². The summed E-state index contributed by atoms with van der Waals surface area (Å²) in [5.41, 5.74) is 4.87. The normalized spacial score (nSPS) is 14.7. The smallest absolute Gasteiger partial charge is 0.475 e. The number of carboxylic acid groups (broad SMARTS) is 1. The molecule has 0 spiro atoms. The van der Waals surface area contributed by atoms with Crippen molar-refractivity contribution < 1.29 is 27.8 Å². The summed E-state index contributed by atoms with van der Waals surface area (Å²) in [5, 5.41) is 11.4. The van der Waals surface area contributed by atoms with Crippen LogP contribution in [-0.4, -0.2) is 65.5 Å². The lowest BCUT2D eigenvalue weighted by Crippen LogP contribution is -2.29. The van der Waals surface area contributed by atoms with Gasteiger partial charge in [-0.2, -0.15) is 24.5 Å². The zero-order valence-corrected chi connectivity index (χ0v) is 15.5. The first-order valence-electron chi connectivity index (χ1n) is 8.19. The van der Waals surface area contributed by atoms with E-state index in [9.17, 15) is 13.2 Å². The van der Waals surface area contributed by atoms with Gasteiger partial charge in [0.1, 0.15) is 6.33 Å². The minimum Gasteiger partial charge on any atom is -0.475 e. The third-order valence-electron chi connectivity index (χ3n) is 4.03. The molecule has 0 unspecified atom stereocenters. The fourth-order valence-electron chi connectivity index (χ4n) is 2.66. The first-order chi connectivity index (χ1) is 12.8. The van der Waals surface area contributed by atoms with Gasteiger partial charge in [-0.05, 0) is 17.9 Å². The number of carbonyl (C=O) groups is 1. The third kappa shape index (κ3) is 6.26. The molecule has 0 saturated carbocycles. The van der Waals surface area contributed by atoms with E-state index in [2.05, 4.69) is 31.7 Å². The number of alkyl halides is 3. The Morgan fingerprint density at radius 1 is 1.33 bits per heavy atom. The molecule has 1 aliphatic heterocycles. The van der Waals surface area contributed by atoms with Crippen LogP contribution < -0.4 is 0 Å². The molecule has 10 heteroatoms. The molecule has 0 amide bonds. The molecule has 0 bridgehead atoms. The maximum absolute atomic E-state index is 10.6. The van der Waals surface area contributed by atoms with E-state index in [1.807, 2.05) is 0 Å². The van der Waals surface area contributed by atoms with Crippen LogP contribution in [0.15, 0.2) is 23.2 Å². The Kier molecular flexibility index (Phi) is 7.69. The van der Waals surface area contributed by atoms with Gasteiger partial charge in [-0.1, -0.05) is 0 Å². The van der Waals surface area contributed by atoms with Gasteiger partial charge < -0.3 is 14.7 Å². The van der Waals surface area contributed by atoms with Crippen LogP contribution >= 0.6 is 11.3 Å². The second kappa shape index (κ2) is 9.77. The first-order valence-corrected chi connectivity index (χ1v) is 9.14. The number of aromatic nitrogens is 2. The summed E-state index contributed by atoms with van der Waals surface area (Å²) < 4.78 is 36.9. The highest BCUT2D eigenvalue weighted by atomic mass is 32.1. The monoisotopic (exact) mass is 403 g/mol. The Hall–Kier alpha value is -2.04. The highest BCUT2D eigenvalue weighted by Crippen LogP contribution is 2.27. The molecule has 27 heavy (non-hydrogen) atoms. The van der Waals surface area contributed by atoms with Crippen LogP contribution in [0.4, 0.5) is 13.2 Å². The van der Waals surface area contributed by atoms with Gasteiger partial charge in [0, 0.05) is 55.4 Å². The van der Waals surface area contributed by atoms with E-state index in [1.54, 1.807) is 24.8 Å². The van der Waals surface area contributed by atoms with Crippen molar-refractivity contribution in [3.05, 3.63) is 34.4 Å². The van der Waals surface area contributed by atoms with E-state index in [0.29, 0.717) is 0 Å². The van der Waals surface area contributed by atoms with Crippen LogP contribution in [0.1, 0.15) is 11.3 Å². The van der Waals surface area contributed by atoms with Crippen LogP contribution in [-0.2, 0) is 22.4 Å². The minimum atomic E-state index is -5.08. The molecule has 2 aromatic heterocycles. The number of methoxy groups -OCH3 is 1. The fraction of sp³-hybridized carbons (Fsp3) is 0.471. The minimum absolute atomic E-state index is 0.791. The molecule has 148 valence electrons. The average Bonchev–Trinajstić information content (AvgIpc) is 3.07. The van der Waals surface area contributed by atoms with Crippen molar-refractivity contribution in [2.75, 3.05) is 33.4 Å². The molecule has 0 atom stereocenters. The lowest BCUT2D eigenvalue weighted by atomic mass is 10.0. The molecule has 0 aromatic carbocycles. The number of thiophene rings is 1. The molecule has 0 fully saturated rings. The summed E-state index contributed by atoms with van der Waals surface area (Å²) in [7, 11) is 1.76. The standard InChI is InChI=1S/C15H19N3OS.C2HF3O2/c1-19-8-7-18-5-2-13-14(3-6-18)16-11-17-15(13)12-4-9-20-10-12;3-2(4,5)1(6)7/h4,9-11H,2-3,5-8H2,1H3;(H,6,7). The first kappa shape index (κ1) is 21.3. The highest BCUT2D eigenvalue weighted by molar-refractivity contribution is 7.08. The zero-order chi connectivity index (χ0) is 19.9. The van der Waals surface area contributed by atoms with Crippen molar-refractivity contribution in [3.63, 3.8) is 0 Å². The number of carboxylic acids is 1. The fourth-order valence-corrected chi connectivity index (χ4v) is 3.31. The van der Waals surface area contributed by atoms with Gasteiger partial charge in [0.2, 0.25) is 0 Å². The Morgan fingerprint density at radius 3 is 2.63 bits per heavy atom. The Bertz CT molecular complexity index is 739. The van der Waals surface area contributed by atoms with Gasteiger partial charge in [0.25, 0.3) is 0 Å². The summed E-state index contributed by atoms with van der Waals surface area (Å²) in [4.78, 5) is 20.4. The van der Waals surface area contributed by atoms with Crippen LogP contribution in [0.5, 0.6) is 0 Å². The van der Waals surface area contributed by atoms with Crippen LogP contribution in [0.25, 0.3) is 11.3 Å². The van der Waals surface area contributed by atoms with E-state index in [-0.39, 0.29) is 0 Å². The van der Waals surface area contributed by atoms with E-state index in [1.165, 1.54) is 16.8 Å². The van der Waals surface area contributed by atoms with E-state index in [0.717, 1.165) is 44.8 Å². The molecule has 1 aliphatic rings. The van der Waals surface area contributed by atoms with Crippen LogP contribution in [0, 0.1) is 0 Å². The summed E-state index contributed by atoms with van der Waals surface area (Å²) in [6.07, 6.45) is -1.36. The Balaban J connectivity index is 0.000000321. The van der Waals surface area contributed by atoms with Crippen molar-refractivity contribution in [2.24, 2.45) is 0 Å². The van der Waals surface area contributed by atoms with E-state index >= 15 is 0 Å². The maximum atomic E-state index is 10.6. The second-order valence-electron chi connectivity index (χ2n) is 5.80. The molecular formula is C17H20F3N3O3S. The molecule has 0 radical (unpaired) electrons. The number of aliphatic carboxylic acids is 1. The largest absolute Gasteiger partial charge is 0.490 e. The lowest BCUT2D eigenvalue weighted by Gasteiger charge is -2.18. The number of hydrogen-bond donors (Lipinski definition) is 1. The van der Waals surface area contributed by atoms with Gasteiger partial charge in [-0.15, -0.1) is 0 Å². The van der Waals surface area contributed by atoms with Gasteiger partial charge >= 0.3 is 12.1 Å². The van der Waals surface area contributed by atoms with Crippen molar-refractivity contribution in [1.82, 2.24) is 14.9 Å². The summed E-state index contributed by atoms with van der Waals surface area (Å²) in [5.74, 6) is -2.76. The number of ether oxygens (including phenoxy) is 1. The highest BCUT2D eigenvalue weighted by Gasteiger charge is 2.38. The summed E-state index contributed by atoms with van der Waals surface area (Å²) >= 11 is 1.71. The molecule has 0 aliphatic carbocycles. The zero-order valence-electron chi connectivity index (χ0n) is 14.7. The van der Waals surface area contributed by atoms with E-state index < -0.39 is 12.1 Å². The van der Waals surface area contributed by atoms with Gasteiger partial charge in [0.05, 0.1) is 12.3 Å². The third-order valence-corrected chi connectivity index (χ3v) is 4.71. The van der Waals surface area contributed by atoms with Crippen LogP contribution in [0.3, 0.4) is 0 Å². The summed E-state index contributed by atoms with van der Waals surface area (Å²) in [6, 6.07) is 2.14. The van der Waals surface area contributed by atoms with Gasteiger partial charge in [-0.3, -0.25) is 0 Å². The number of fused-ring (bicyclic) bond motifs is 1. The predicted molar refractivity (Wildman–Crippen MR) is 94.8 cm³/mol. The molecule has 1 N–H and O–H groups in total. The maximum Gasteiger partial charge on any atom is 0.490 e. The SMILES string of the molecule is COCCN1CCc2ncnc(-c3ccsc3)c2CC1.O=C(O)C(F)(F)F.